The van der Waals surface area contributed by atoms with E-state index in [2.05, 4.69) is 46.4 Å². The molecule has 96 valence electrons. The smallest absolute Gasteiger partial charge is 0.00900 e. The normalized spacial score (nSPS) is 19.5. The van der Waals surface area contributed by atoms with Crippen molar-refractivity contribution in [2.45, 2.75) is 66.8 Å². The third-order valence-electron chi connectivity index (χ3n) is 3.88. The standard InChI is InChI=1S/C15H31N/c1-12(2)13(3)16(11-14-7-8-14)10-9-15(4,5)6/h12-14H,7-11H2,1-6H3/t13-/m0/s1. The maximum absolute atomic E-state index is 2.73. The largest absolute Gasteiger partial charge is 0.300 e. The molecule has 0 amide bonds. The van der Waals surface area contributed by atoms with Gasteiger partial charge in [0.05, 0.1) is 0 Å². The van der Waals surface area contributed by atoms with Gasteiger partial charge >= 0.3 is 0 Å². The van der Waals surface area contributed by atoms with E-state index in [9.17, 15) is 0 Å². The first-order valence-electron chi connectivity index (χ1n) is 7.03. The molecule has 1 rings (SSSR count). The minimum Gasteiger partial charge on any atom is -0.300 e. The molecule has 0 aromatic heterocycles. The molecule has 1 nitrogen and oxygen atoms in total. The van der Waals surface area contributed by atoms with Crippen LogP contribution in [-0.4, -0.2) is 24.0 Å². The number of hydrogen-bond donors (Lipinski definition) is 0. The Morgan fingerprint density at radius 3 is 2.06 bits per heavy atom. The summed E-state index contributed by atoms with van der Waals surface area (Å²) < 4.78 is 0. The van der Waals surface area contributed by atoms with Crippen LogP contribution in [0.5, 0.6) is 0 Å². The monoisotopic (exact) mass is 225 g/mol. The van der Waals surface area contributed by atoms with E-state index < -0.39 is 0 Å². The van der Waals surface area contributed by atoms with Gasteiger partial charge in [-0.05, 0) is 50.0 Å². The van der Waals surface area contributed by atoms with Crippen LogP contribution in [0, 0.1) is 17.3 Å². The summed E-state index contributed by atoms with van der Waals surface area (Å²) in [6.07, 6.45) is 4.25. The third kappa shape index (κ3) is 5.34. The third-order valence-corrected chi connectivity index (χ3v) is 3.88. The first kappa shape index (κ1) is 14.0. The molecular formula is C15H31N. The van der Waals surface area contributed by atoms with Crippen LogP contribution in [0.4, 0.5) is 0 Å². The number of hydrogen-bond acceptors (Lipinski definition) is 1. The zero-order valence-corrected chi connectivity index (χ0v) is 12.2. The molecule has 1 fully saturated rings. The fourth-order valence-corrected chi connectivity index (χ4v) is 1.99. The molecule has 0 spiro atoms. The van der Waals surface area contributed by atoms with Crippen LogP contribution >= 0.6 is 0 Å². The highest BCUT2D eigenvalue weighted by Gasteiger charge is 2.28. The SMILES string of the molecule is CC(C)[C@H](C)N(CCC(C)(C)C)CC1CC1. The molecule has 1 heteroatoms. The summed E-state index contributed by atoms with van der Waals surface area (Å²) >= 11 is 0. The van der Waals surface area contributed by atoms with Gasteiger partial charge in [0.1, 0.15) is 0 Å². The van der Waals surface area contributed by atoms with E-state index in [0.717, 1.165) is 17.9 Å². The molecule has 1 saturated carbocycles. The molecule has 0 aliphatic heterocycles. The molecule has 0 radical (unpaired) electrons. The first-order valence-corrected chi connectivity index (χ1v) is 7.03. The molecule has 1 aliphatic carbocycles. The zero-order chi connectivity index (χ0) is 12.3. The maximum Gasteiger partial charge on any atom is 0.00900 e. The molecule has 0 aromatic rings. The van der Waals surface area contributed by atoms with Crippen LogP contribution in [0.15, 0.2) is 0 Å². The molecule has 0 heterocycles. The Hall–Kier alpha value is -0.0400. The minimum atomic E-state index is 0.471. The second kappa shape index (κ2) is 5.53. The number of nitrogens with zero attached hydrogens (tertiary/aromatic N) is 1. The van der Waals surface area contributed by atoms with Gasteiger partial charge in [-0.25, -0.2) is 0 Å². The van der Waals surface area contributed by atoms with Crippen molar-refractivity contribution < 1.29 is 0 Å². The lowest BCUT2D eigenvalue weighted by Crippen LogP contribution is -2.40. The average Bonchev–Trinajstić information content (AvgIpc) is 2.93. The van der Waals surface area contributed by atoms with Gasteiger partial charge in [0.25, 0.3) is 0 Å². The zero-order valence-electron chi connectivity index (χ0n) is 12.2. The molecule has 1 aliphatic rings. The highest BCUT2D eigenvalue weighted by Crippen LogP contribution is 2.31. The van der Waals surface area contributed by atoms with Gasteiger partial charge in [0, 0.05) is 12.6 Å². The van der Waals surface area contributed by atoms with Gasteiger partial charge in [-0.3, -0.25) is 0 Å². The van der Waals surface area contributed by atoms with Crippen LogP contribution in [0.25, 0.3) is 0 Å². The van der Waals surface area contributed by atoms with Crippen LogP contribution in [0.3, 0.4) is 0 Å². The van der Waals surface area contributed by atoms with Gasteiger partial charge in [0.2, 0.25) is 0 Å². The fourth-order valence-electron chi connectivity index (χ4n) is 1.99. The van der Waals surface area contributed by atoms with Crippen LogP contribution < -0.4 is 0 Å². The minimum absolute atomic E-state index is 0.471. The molecule has 0 aromatic carbocycles. The molecular weight excluding hydrogens is 194 g/mol. The molecule has 0 N–H and O–H groups in total. The summed E-state index contributed by atoms with van der Waals surface area (Å²) in [6, 6.07) is 0.739. The summed E-state index contributed by atoms with van der Waals surface area (Å²) in [5.41, 5.74) is 0.471. The molecule has 1 atom stereocenters. The predicted octanol–water partition coefficient (Wildman–Crippen LogP) is 4.18. The Labute approximate surface area is 103 Å². The van der Waals surface area contributed by atoms with Crippen molar-refractivity contribution in [3.8, 4) is 0 Å². The van der Waals surface area contributed by atoms with E-state index in [1.54, 1.807) is 0 Å². The van der Waals surface area contributed by atoms with Crippen LogP contribution in [0.1, 0.15) is 60.8 Å². The Balaban J connectivity index is 2.42. The van der Waals surface area contributed by atoms with Crippen molar-refractivity contribution in [1.82, 2.24) is 4.90 Å². The summed E-state index contributed by atoms with van der Waals surface area (Å²) in [7, 11) is 0. The van der Waals surface area contributed by atoms with Crippen LogP contribution in [-0.2, 0) is 0 Å². The fraction of sp³-hybridized carbons (Fsp3) is 1.00. The van der Waals surface area contributed by atoms with Crippen LogP contribution in [0.2, 0.25) is 0 Å². The highest BCUT2D eigenvalue weighted by molar-refractivity contribution is 4.81. The Kier molecular flexibility index (Phi) is 4.85. The predicted molar refractivity (Wildman–Crippen MR) is 72.7 cm³/mol. The molecule has 16 heavy (non-hydrogen) atoms. The lowest BCUT2D eigenvalue weighted by Gasteiger charge is -2.34. The summed E-state index contributed by atoms with van der Waals surface area (Å²) in [6.45, 7) is 16.8. The Bertz CT molecular complexity index is 198. The average molecular weight is 225 g/mol. The van der Waals surface area contributed by atoms with Crippen molar-refractivity contribution in [2.75, 3.05) is 13.1 Å². The Morgan fingerprint density at radius 2 is 1.69 bits per heavy atom. The summed E-state index contributed by atoms with van der Waals surface area (Å²) in [5, 5.41) is 0. The molecule has 0 bridgehead atoms. The molecule has 0 unspecified atom stereocenters. The topological polar surface area (TPSA) is 3.24 Å². The second-order valence-corrected chi connectivity index (χ2v) is 7.23. The lowest BCUT2D eigenvalue weighted by molar-refractivity contribution is 0.141. The summed E-state index contributed by atoms with van der Waals surface area (Å²) in [5.74, 6) is 1.79. The van der Waals surface area contributed by atoms with E-state index in [1.807, 2.05) is 0 Å². The molecule has 0 saturated heterocycles. The lowest BCUT2D eigenvalue weighted by atomic mass is 9.91. The van der Waals surface area contributed by atoms with Gasteiger partial charge in [-0.15, -0.1) is 0 Å². The number of rotatable bonds is 6. The van der Waals surface area contributed by atoms with E-state index in [4.69, 9.17) is 0 Å². The van der Waals surface area contributed by atoms with E-state index in [0.29, 0.717) is 5.41 Å². The van der Waals surface area contributed by atoms with Crippen molar-refractivity contribution in [1.29, 1.82) is 0 Å². The van der Waals surface area contributed by atoms with Gasteiger partial charge in [-0.2, -0.15) is 0 Å². The van der Waals surface area contributed by atoms with Gasteiger partial charge in [0.15, 0.2) is 0 Å². The van der Waals surface area contributed by atoms with E-state index in [1.165, 1.54) is 32.4 Å². The van der Waals surface area contributed by atoms with E-state index in [-0.39, 0.29) is 0 Å². The van der Waals surface area contributed by atoms with Crippen molar-refractivity contribution in [3.05, 3.63) is 0 Å². The maximum atomic E-state index is 2.73. The van der Waals surface area contributed by atoms with E-state index >= 15 is 0 Å². The van der Waals surface area contributed by atoms with Crippen molar-refractivity contribution in [2.24, 2.45) is 17.3 Å². The van der Waals surface area contributed by atoms with Gasteiger partial charge in [-0.1, -0.05) is 34.6 Å². The summed E-state index contributed by atoms with van der Waals surface area (Å²) in [4.78, 5) is 2.73. The first-order chi connectivity index (χ1) is 7.29. The van der Waals surface area contributed by atoms with Crippen molar-refractivity contribution >= 4 is 0 Å². The Morgan fingerprint density at radius 1 is 1.12 bits per heavy atom. The second-order valence-electron chi connectivity index (χ2n) is 7.23. The quantitative estimate of drug-likeness (QED) is 0.655. The van der Waals surface area contributed by atoms with Crippen molar-refractivity contribution in [3.63, 3.8) is 0 Å². The van der Waals surface area contributed by atoms with Gasteiger partial charge < -0.3 is 4.90 Å². The highest BCUT2D eigenvalue weighted by atomic mass is 15.2.